The number of rotatable bonds is 6. The second-order valence-electron chi connectivity index (χ2n) is 5.31. The van der Waals surface area contributed by atoms with Crippen molar-refractivity contribution in [1.82, 2.24) is 5.32 Å². The van der Waals surface area contributed by atoms with Gasteiger partial charge in [0.05, 0.1) is 0 Å². The van der Waals surface area contributed by atoms with Gasteiger partial charge in [0.15, 0.2) is 0 Å². The highest BCUT2D eigenvalue weighted by molar-refractivity contribution is 5.97. The summed E-state index contributed by atoms with van der Waals surface area (Å²) in [5.74, 6) is -1.78. The first-order valence-corrected chi connectivity index (χ1v) is 7.41. The fourth-order valence-corrected chi connectivity index (χ4v) is 2.20. The summed E-state index contributed by atoms with van der Waals surface area (Å²) in [7, 11) is 0. The van der Waals surface area contributed by atoms with Gasteiger partial charge in [-0.3, -0.25) is 9.59 Å². The SMILES string of the molecule is CC(=O)Nc1ccc(C(=O)NC(Cc2ccccc2)C(=O)O)cc1. The molecule has 0 heterocycles. The highest BCUT2D eigenvalue weighted by atomic mass is 16.4. The molecule has 6 heteroatoms. The van der Waals surface area contributed by atoms with Crippen molar-refractivity contribution in [1.29, 1.82) is 0 Å². The van der Waals surface area contributed by atoms with Crippen molar-refractivity contribution in [3.8, 4) is 0 Å². The predicted molar refractivity (Wildman–Crippen MR) is 89.8 cm³/mol. The third-order valence-corrected chi connectivity index (χ3v) is 3.35. The average Bonchev–Trinajstić information content (AvgIpc) is 2.55. The van der Waals surface area contributed by atoms with E-state index in [1.165, 1.54) is 19.1 Å². The highest BCUT2D eigenvalue weighted by Gasteiger charge is 2.21. The van der Waals surface area contributed by atoms with Crippen LogP contribution in [0.15, 0.2) is 54.6 Å². The van der Waals surface area contributed by atoms with E-state index in [4.69, 9.17) is 0 Å². The molecule has 6 nitrogen and oxygen atoms in total. The molecule has 0 bridgehead atoms. The number of nitrogens with one attached hydrogen (secondary N) is 2. The van der Waals surface area contributed by atoms with Crippen LogP contribution in [0, 0.1) is 0 Å². The second kappa shape index (κ2) is 7.92. The maximum absolute atomic E-state index is 12.2. The molecule has 1 unspecified atom stereocenters. The van der Waals surface area contributed by atoms with Crippen molar-refractivity contribution in [2.45, 2.75) is 19.4 Å². The van der Waals surface area contributed by atoms with Gasteiger partial charge in [0.1, 0.15) is 6.04 Å². The topological polar surface area (TPSA) is 95.5 Å². The number of hydrogen-bond donors (Lipinski definition) is 3. The standard InChI is InChI=1S/C18H18N2O4/c1-12(21)19-15-9-7-14(8-10-15)17(22)20-16(18(23)24)11-13-5-3-2-4-6-13/h2-10,16H,11H2,1H3,(H,19,21)(H,20,22)(H,23,24). The van der Waals surface area contributed by atoms with E-state index in [1.807, 2.05) is 30.3 Å². The van der Waals surface area contributed by atoms with Gasteiger partial charge in [-0.15, -0.1) is 0 Å². The van der Waals surface area contributed by atoms with Gasteiger partial charge in [0.25, 0.3) is 5.91 Å². The van der Waals surface area contributed by atoms with E-state index in [1.54, 1.807) is 12.1 Å². The minimum Gasteiger partial charge on any atom is -0.480 e. The van der Waals surface area contributed by atoms with Crippen LogP contribution in [-0.2, 0) is 16.0 Å². The van der Waals surface area contributed by atoms with E-state index < -0.39 is 17.9 Å². The summed E-state index contributed by atoms with van der Waals surface area (Å²) in [6.07, 6.45) is 0.200. The number of carbonyl (C=O) groups is 3. The Morgan fingerprint density at radius 1 is 1.00 bits per heavy atom. The zero-order valence-electron chi connectivity index (χ0n) is 13.2. The van der Waals surface area contributed by atoms with Crippen LogP contribution >= 0.6 is 0 Å². The Bertz CT molecular complexity index is 726. The van der Waals surface area contributed by atoms with E-state index in [2.05, 4.69) is 10.6 Å². The fraction of sp³-hybridized carbons (Fsp3) is 0.167. The van der Waals surface area contributed by atoms with E-state index in [0.29, 0.717) is 11.3 Å². The Balaban J connectivity index is 2.05. The number of hydrogen-bond acceptors (Lipinski definition) is 3. The van der Waals surface area contributed by atoms with Gasteiger partial charge in [-0.05, 0) is 29.8 Å². The molecule has 2 aromatic rings. The Morgan fingerprint density at radius 2 is 1.62 bits per heavy atom. The van der Waals surface area contributed by atoms with Crippen molar-refractivity contribution in [2.75, 3.05) is 5.32 Å². The largest absolute Gasteiger partial charge is 0.480 e. The molecular weight excluding hydrogens is 308 g/mol. The van der Waals surface area contributed by atoms with E-state index in [0.717, 1.165) is 5.56 Å². The number of amides is 2. The Morgan fingerprint density at radius 3 is 2.17 bits per heavy atom. The minimum atomic E-state index is -1.10. The molecule has 0 fully saturated rings. The highest BCUT2D eigenvalue weighted by Crippen LogP contribution is 2.10. The van der Waals surface area contributed by atoms with E-state index in [-0.39, 0.29) is 12.3 Å². The van der Waals surface area contributed by atoms with Crippen LogP contribution in [0.5, 0.6) is 0 Å². The number of carboxylic acids is 1. The van der Waals surface area contributed by atoms with Gasteiger partial charge in [0.2, 0.25) is 5.91 Å². The van der Waals surface area contributed by atoms with Crippen LogP contribution < -0.4 is 10.6 Å². The molecular formula is C18H18N2O4. The third kappa shape index (κ3) is 4.95. The summed E-state index contributed by atoms with van der Waals surface area (Å²) < 4.78 is 0. The maximum Gasteiger partial charge on any atom is 0.326 e. The lowest BCUT2D eigenvalue weighted by atomic mass is 10.1. The lowest BCUT2D eigenvalue weighted by Crippen LogP contribution is -2.42. The summed E-state index contributed by atoms with van der Waals surface area (Å²) in [6.45, 7) is 1.39. The maximum atomic E-state index is 12.2. The molecule has 0 aliphatic rings. The molecule has 3 N–H and O–H groups in total. The number of anilines is 1. The Labute approximate surface area is 139 Å². The van der Waals surface area contributed by atoms with Crippen LogP contribution in [0.1, 0.15) is 22.8 Å². The van der Waals surface area contributed by atoms with Crippen molar-refractivity contribution in [2.24, 2.45) is 0 Å². The molecule has 0 saturated carbocycles. The first kappa shape index (κ1) is 17.2. The molecule has 2 rings (SSSR count). The van der Waals surface area contributed by atoms with Gasteiger partial charge in [-0.1, -0.05) is 30.3 Å². The van der Waals surface area contributed by atoms with Crippen molar-refractivity contribution in [3.63, 3.8) is 0 Å². The van der Waals surface area contributed by atoms with Gasteiger partial charge in [0, 0.05) is 24.6 Å². The molecule has 24 heavy (non-hydrogen) atoms. The summed E-state index contributed by atoms with van der Waals surface area (Å²) in [4.78, 5) is 34.6. The van der Waals surface area contributed by atoms with Gasteiger partial charge >= 0.3 is 5.97 Å². The van der Waals surface area contributed by atoms with Crippen molar-refractivity contribution in [3.05, 3.63) is 65.7 Å². The van der Waals surface area contributed by atoms with Gasteiger partial charge in [-0.2, -0.15) is 0 Å². The zero-order chi connectivity index (χ0) is 17.5. The Kier molecular flexibility index (Phi) is 5.68. The quantitative estimate of drug-likeness (QED) is 0.757. The lowest BCUT2D eigenvalue weighted by Gasteiger charge is -2.15. The number of benzene rings is 2. The van der Waals surface area contributed by atoms with Crippen LogP contribution in [0.2, 0.25) is 0 Å². The fourth-order valence-electron chi connectivity index (χ4n) is 2.20. The predicted octanol–water partition coefficient (Wildman–Crippen LogP) is 2.07. The first-order valence-electron chi connectivity index (χ1n) is 7.41. The normalized spacial score (nSPS) is 11.4. The summed E-state index contributed by atoms with van der Waals surface area (Å²) in [6, 6.07) is 14.3. The number of carboxylic acid groups (broad SMARTS) is 1. The molecule has 2 aromatic carbocycles. The first-order chi connectivity index (χ1) is 11.5. The molecule has 0 aliphatic heterocycles. The molecule has 2 amide bonds. The van der Waals surface area contributed by atoms with Gasteiger partial charge in [-0.25, -0.2) is 4.79 Å². The summed E-state index contributed by atoms with van der Waals surface area (Å²) >= 11 is 0. The van der Waals surface area contributed by atoms with E-state index >= 15 is 0 Å². The smallest absolute Gasteiger partial charge is 0.326 e. The monoisotopic (exact) mass is 326 g/mol. The molecule has 124 valence electrons. The van der Waals surface area contributed by atoms with Crippen LogP contribution in [0.4, 0.5) is 5.69 Å². The van der Waals surface area contributed by atoms with Crippen LogP contribution in [-0.4, -0.2) is 28.9 Å². The number of carbonyl (C=O) groups excluding carboxylic acids is 2. The Hall–Kier alpha value is -3.15. The molecule has 0 aliphatic carbocycles. The number of aliphatic carboxylic acids is 1. The third-order valence-electron chi connectivity index (χ3n) is 3.35. The molecule has 1 atom stereocenters. The minimum absolute atomic E-state index is 0.200. The van der Waals surface area contributed by atoms with Crippen molar-refractivity contribution < 1.29 is 19.5 Å². The van der Waals surface area contributed by atoms with Crippen LogP contribution in [0.25, 0.3) is 0 Å². The zero-order valence-corrected chi connectivity index (χ0v) is 13.2. The summed E-state index contributed by atoms with van der Waals surface area (Å²) in [5.41, 5.74) is 1.72. The van der Waals surface area contributed by atoms with E-state index in [9.17, 15) is 19.5 Å². The lowest BCUT2D eigenvalue weighted by molar-refractivity contribution is -0.139. The molecule has 0 aromatic heterocycles. The average molecular weight is 326 g/mol. The van der Waals surface area contributed by atoms with Crippen molar-refractivity contribution >= 4 is 23.5 Å². The van der Waals surface area contributed by atoms with Gasteiger partial charge < -0.3 is 15.7 Å². The second-order valence-corrected chi connectivity index (χ2v) is 5.31. The molecule has 0 radical (unpaired) electrons. The van der Waals surface area contributed by atoms with Crippen LogP contribution in [0.3, 0.4) is 0 Å². The molecule has 0 spiro atoms. The summed E-state index contributed by atoms with van der Waals surface area (Å²) in [5, 5.41) is 14.4. The molecule has 0 saturated heterocycles.